The van der Waals surface area contributed by atoms with Crippen LogP contribution in [-0.2, 0) is 9.53 Å². The third kappa shape index (κ3) is 6.34. The molecule has 1 amide bonds. The van der Waals surface area contributed by atoms with E-state index in [4.69, 9.17) is 9.84 Å². The number of aliphatic hydroxyl groups excluding tert-OH is 1. The topological polar surface area (TPSA) is 70.6 Å². The van der Waals surface area contributed by atoms with E-state index in [1.165, 1.54) is 0 Å². The maximum absolute atomic E-state index is 11.6. The van der Waals surface area contributed by atoms with Gasteiger partial charge in [0, 0.05) is 12.2 Å². The number of anilines is 1. The fourth-order valence-corrected chi connectivity index (χ4v) is 1.44. The minimum Gasteiger partial charge on any atom is -0.394 e. The van der Waals surface area contributed by atoms with E-state index in [1.54, 1.807) is 0 Å². The molecule has 3 N–H and O–H groups in total. The average Bonchev–Trinajstić information content (AvgIpc) is 2.33. The Morgan fingerprint density at radius 3 is 2.94 bits per heavy atom. The predicted molar refractivity (Wildman–Crippen MR) is 70.6 cm³/mol. The Labute approximate surface area is 107 Å². The van der Waals surface area contributed by atoms with E-state index in [9.17, 15) is 4.79 Å². The normalized spacial score (nSPS) is 10.3. The Morgan fingerprint density at radius 1 is 1.39 bits per heavy atom. The lowest BCUT2D eigenvalue weighted by Crippen LogP contribution is -2.30. The molecule has 0 saturated carbocycles. The number of nitrogens with one attached hydrogen (secondary N) is 2. The summed E-state index contributed by atoms with van der Waals surface area (Å²) in [6, 6.07) is 7.66. The van der Waals surface area contributed by atoms with Gasteiger partial charge in [-0.05, 0) is 24.6 Å². The van der Waals surface area contributed by atoms with Crippen molar-refractivity contribution in [1.29, 1.82) is 0 Å². The molecule has 1 aromatic carbocycles. The molecule has 0 unspecified atom stereocenters. The van der Waals surface area contributed by atoms with Gasteiger partial charge in [-0.1, -0.05) is 12.1 Å². The molecule has 0 aliphatic carbocycles. The molecular formula is C13H20N2O3. The van der Waals surface area contributed by atoms with Gasteiger partial charge in [0.1, 0.15) is 0 Å². The molecule has 0 aromatic heterocycles. The van der Waals surface area contributed by atoms with Crippen LogP contribution in [-0.4, -0.2) is 43.9 Å². The molecule has 1 rings (SSSR count). The van der Waals surface area contributed by atoms with Crippen LogP contribution in [0.25, 0.3) is 0 Å². The van der Waals surface area contributed by atoms with Crippen LogP contribution in [0.2, 0.25) is 0 Å². The maximum atomic E-state index is 11.6. The average molecular weight is 252 g/mol. The molecule has 18 heavy (non-hydrogen) atoms. The highest BCUT2D eigenvalue weighted by molar-refractivity contribution is 5.92. The molecule has 0 heterocycles. The third-order valence-electron chi connectivity index (χ3n) is 2.25. The Balaban J connectivity index is 2.14. The molecular weight excluding hydrogens is 232 g/mol. The molecule has 5 nitrogen and oxygen atoms in total. The van der Waals surface area contributed by atoms with Crippen molar-refractivity contribution in [3.8, 4) is 0 Å². The van der Waals surface area contributed by atoms with E-state index >= 15 is 0 Å². The number of carbonyl (C=O) groups excluding carboxylic acids is 1. The Morgan fingerprint density at radius 2 is 2.22 bits per heavy atom. The van der Waals surface area contributed by atoms with Crippen molar-refractivity contribution in [1.82, 2.24) is 5.32 Å². The number of hydrogen-bond donors (Lipinski definition) is 3. The predicted octanol–water partition coefficient (Wildman–Crippen LogP) is 0.532. The molecule has 0 aliphatic rings. The van der Waals surface area contributed by atoms with Crippen molar-refractivity contribution in [3.63, 3.8) is 0 Å². The Kier molecular flexibility index (Phi) is 7.01. The van der Waals surface area contributed by atoms with Crippen LogP contribution in [0.15, 0.2) is 24.3 Å². The zero-order valence-corrected chi connectivity index (χ0v) is 10.6. The SMILES string of the molecule is Cc1cccc(NC(=O)CNCCOCCO)c1. The number of carbonyl (C=O) groups is 1. The van der Waals surface area contributed by atoms with Crippen LogP contribution in [0.5, 0.6) is 0 Å². The Hall–Kier alpha value is -1.43. The molecule has 0 bridgehead atoms. The summed E-state index contributed by atoms with van der Waals surface area (Å²) in [6.07, 6.45) is 0. The van der Waals surface area contributed by atoms with Crippen LogP contribution in [0.3, 0.4) is 0 Å². The maximum Gasteiger partial charge on any atom is 0.238 e. The molecule has 0 atom stereocenters. The van der Waals surface area contributed by atoms with Crippen molar-refractivity contribution >= 4 is 11.6 Å². The van der Waals surface area contributed by atoms with Crippen molar-refractivity contribution in [2.75, 3.05) is 38.2 Å². The minimum atomic E-state index is -0.0808. The lowest BCUT2D eigenvalue weighted by molar-refractivity contribution is -0.115. The second kappa shape index (κ2) is 8.63. The lowest BCUT2D eigenvalue weighted by atomic mass is 10.2. The molecule has 0 saturated heterocycles. The monoisotopic (exact) mass is 252 g/mol. The minimum absolute atomic E-state index is 0.0217. The fourth-order valence-electron chi connectivity index (χ4n) is 1.44. The number of aryl methyl sites for hydroxylation is 1. The molecule has 0 spiro atoms. The first-order valence-electron chi connectivity index (χ1n) is 5.98. The van der Waals surface area contributed by atoms with Gasteiger partial charge in [0.05, 0.1) is 26.4 Å². The lowest BCUT2D eigenvalue weighted by Gasteiger charge is -2.07. The number of hydrogen-bond acceptors (Lipinski definition) is 4. The highest BCUT2D eigenvalue weighted by Crippen LogP contribution is 2.08. The smallest absolute Gasteiger partial charge is 0.238 e. The molecule has 0 aliphatic heterocycles. The van der Waals surface area contributed by atoms with Crippen LogP contribution in [0.1, 0.15) is 5.56 Å². The van der Waals surface area contributed by atoms with E-state index in [-0.39, 0.29) is 19.1 Å². The first kappa shape index (κ1) is 14.6. The number of benzene rings is 1. The highest BCUT2D eigenvalue weighted by atomic mass is 16.5. The van der Waals surface area contributed by atoms with Gasteiger partial charge in [0.25, 0.3) is 0 Å². The summed E-state index contributed by atoms with van der Waals surface area (Å²) >= 11 is 0. The van der Waals surface area contributed by atoms with Gasteiger partial charge in [0.15, 0.2) is 0 Å². The quantitative estimate of drug-likeness (QED) is 0.590. The highest BCUT2D eigenvalue weighted by Gasteiger charge is 2.01. The van der Waals surface area contributed by atoms with Gasteiger partial charge in [0.2, 0.25) is 5.91 Å². The van der Waals surface area contributed by atoms with Gasteiger partial charge in [-0.2, -0.15) is 0 Å². The standard InChI is InChI=1S/C13H20N2O3/c1-11-3-2-4-12(9-11)15-13(17)10-14-5-7-18-8-6-16/h2-4,9,14,16H,5-8,10H2,1H3,(H,15,17). The van der Waals surface area contributed by atoms with Crippen LogP contribution in [0, 0.1) is 6.92 Å². The summed E-state index contributed by atoms with van der Waals surface area (Å²) in [5.74, 6) is -0.0808. The summed E-state index contributed by atoms with van der Waals surface area (Å²) < 4.78 is 5.05. The number of rotatable bonds is 8. The van der Waals surface area contributed by atoms with Gasteiger partial charge in [-0.3, -0.25) is 4.79 Å². The zero-order chi connectivity index (χ0) is 13.2. The summed E-state index contributed by atoms with van der Waals surface area (Å²) in [5.41, 5.74) is 1.91. The summed E-state index contributed by atoms with van der Waals surface area (Å²) in [4.78, 5) is 11.6. The van der Waals surface area contributed by atoms with Gasteiger partial charge in [-0.15, -0.1) is 0 Å². The van der Waals surface area contributed by atoms with E-state index in [2.05, 4.69) is 10.6 Å². The summed E-state index contributed by atoms with van der Waals surface area (Å²) in [7, 11) is 0. The molecule has 1 aromatic rings. The summed E-state index contributed by atoms with van der Waals surface area (Å²) in [6.45, 7) is 3.65. The number of ether oxygens (including phenoxy) is 1. The van der Waals surface area contributed by atoms with Gasteiger partial charge in [-0.25, -0.2) is 0 Å². The van der Waals surface area contributed by atoms with E-state index in [1.807, 2.05) is 31.2 Å². The van der Waals surface area contributed by atoms with Gasteiger partial charge >= 0.3 is 0 Å². The molecule has 100 valence electrons. The zero-order valence-electron chi connectivity index (χ0n) is 10.6. The molecule has 0 radical (unpaired) electrons. The fraction of sp³-hybridized carbons (Fsp3) is 0.462. The number of amides is 1. The summed E-state index contributed by atoms with van der Waals surface area (Å²) in [5, 5.41) is 14.3. The van der Waals surface area contributed by atoms with Crippen molar-refractivity contribution in [3.05, 3.63) is 29.8 Å². The second-order valence-electron chi connectivity index (χ2n) is 3.93. The largest absolute Gasteiger partial charge is 0.394 e. The van der Waals surface area contributed by atoms with Crippen LogP contribution in [0.4, 0.5) is 5.69 Å². The van der Waals surface area contributed by atoms with Crippen molar-refractivity contribution < 1.29 is 14.6 Å². The van der Waals surface area contributed by atoms with E-state index in [0.717, 1.165) is 11.3 Å². The van der Waals surface area contributed by atoms with Crippen LogP contribution >= 0.6 is 0 Å². The van der Waals surface area contributed by atoms with E-state index < -0.39 is 0 Å². The first-order chi connectivity index (χ1) is 8.72. The van der Waals surface area contributed by atoms with Crippen LogP contribution < -0.4 is 10.6 Å². The molecule has 5 heteroatoms. The third-order valence-corrected chi connectivity index (χ3v) is 2.25. The van der Waals surface area contributed by atoms with E-state index in [0.29, 0.717) is 19.8 Å². The first-order valence-corrected chi connectivity index (χ1v) is 5.98. The Bertz CT molecular complexity index is 369. The second-order valence-corrected chi connectivity index (χ2v) is 3.93. The molecule has 0 fully saturated rings. The number of aliphatic hydroxyl groups is 1. The van der Waals surface area contributed by atoms with Gasteiger partial charge < -0.3 is 20.5 Å². The van der Waals surface area contributed by atoms with Crippen molar-refractivity contribution in [2.24, 2.45) is 0 Å². The van der Waals surface area contributed by atoms with Crippen molar-refractivity contribution in [2.45, 2.75) is 6.92 Å².